The van der Waals surface area contributed by atoms with Crippen molar-refractivity contribution in [2.24, 2.45) is 0 Å². The molecule has 1 aliphatic heterocycles. The molecule has 0 saturated carbocycles. The molecule has 3 rings (SSSR count). The summed E-state index contributed by atoms with van der Waals surface area (Å²) in [6.45, 7) is 0. The zero-order chi connectivity index (χ0) is 15.5. The molecule has 0 amide bonds. The van der Waals surface area contributed by atoms with Crippen molar-refractivity contribution in [2.45, 2.75) is 6.04 Å². The fourth-order valence-electron chi connectivity index (χ4n) is 2.68. The van der Waals surface area contributed by atoms with E-state index < -0.39 is 0 Å². The molecule has 1 unspecified atom stereocenters. The minimum Gasteiger partial charge on any atom is -0.504 e. The predicted molar refractivity (Wildman–Crippen MR) is 91.4 cm³/mol. The number of para-hydroxylation sites is 2. The van der Waals surface area contributed by atoms with Crippen LogP contribution in [-0.4, -0.2) is 25.3 Å². The second-order valence-corrected chi connectivity index (χ2v) is 5.28. The lowest BCUT2D eigenvalue weighted by molar-refractivity contribution is 0.373. The average molecular weight is 293 g/mol. The summed E-state index contributed by atoms with van der Waals surface area (Å²) < 4.78 is 5.14. The maximum Gasteiger partial charge on any atom is 0.165 e. The predicted octanol–water partition coefficient (Wildman–Crippen LogP) is 3.95. The van der Waals surface area contributed by atoms with Crippen LogP contribution in [0.3, 0.4) is 0 Å². The maximum atomic E-state index is 10.1. The Kier molecular flexibility index (Phi) is 3.88. The number of phenols is 1. The molecule has 22 heavy (non-hydrogen) atoms. The molecule has 1 atom stereocenters. The van der Waals surface area contributed by atoms with Crippen LogP contribution >= 0.6 is 0 Å². The monoisotopic (exact) mass is 293 g/mol. The number of ether oxygens (including phenoxy) is 1. The number of fused-ring (bicyclic) bond motifs is 1. The number of nitrogens with zero attached hydrogens (tertiary/aromatic N) is 1. The van der Waals surface area contributed by atoms with Crippen molar-refractivity contribution in [3.05, 3.63) is 65.7 Å². The molecular weight excluding hydrogens is 274 g/mol. The van der Waals surface area contributed by atoms with Crippen LogP contribution in [0.15, 0.2) is 54.6 Å². The van der Waals surface area contributed by atoms with Crippen LogP contribution in [0.4, 0.5) is 5.69 Å². The highest BCUT2D eigenvalue weighted by Gasteiger charge is 2.16. The van der Waals surface area contributed by atoms with E-state index in [2.05, 4.69) is 42.3 Å². The number of anilines is 1. The first-order valence-electron chi connectivity index (χ1n) is 7.25. The van der Waals surface area contributed by atoms with E-state index in [0.29, 0.717) is 5.75 Å². The van der Waals surface area contributed by atoms with Crippen molar-refractivity contribution >= 4 is 17.8 Å². The Hall–Kier alpha value is -2.68. The van der Waals surface area contributed by atoms with Gasteiger partial charge in [-0.1, -0.05) is 54.6 Å². The van der Waals surface area contributed by atoms with Gasteiger partial charge in [0, 0.05) is 18.3 Å². The van der Waals surface area contributed by atoms with Gasteiger partial charge in [0.15, 0.2) is 11.5 Å². The third-order valence-corrected chi connectivity index (χ3v) is 3.96. The quantitative estimate of drug-likeness (QED) is 0.930. The third-order valence-electron chi connectivity index (χ3n) is 3.96. The van der Waals surface area contributed by atoms with Crippen LogP contribution < -0.4 is 9.64 Å². The molecule has 0 aromatic heterocycles. The Morgan fingerprint density at radius 3 is 2.77 bits per heavy atom. The van der Waals surface area contributed by atoms with Gasteiger partial charge in [0.05, 0.1) is 13.2 Å². The van der Waals surface area contributed by atoms with Gasteiger partial charge in [-0.15, -0.1) is 0 Å². The highest BCUT2D eigenvalue weighted by Crippen LogP contribution is 2.31. The van der Waals surface area contributed by atoms with Crippen LogP contribution in [0.25, 0.3) is 12.2 Å². The molecule has 0 aliphatic carbocycles. The van der Waals surface area contributed by atoms with Crippen LogP contribution in [0.1, 0.15) is 11.1 Å². The van der Waals surface area contributed by atoms with Crippen LogP contribution in [0.5, 0.6) is 11.5 Å². The van der Waals surface area contributed by atoms with Gasteiger partial charge in [-0.2, -0.15) is 0 Å². The van der Waals surface area contributed by atoms with Gasteiger partial charge < -0.3 is 14.7 Å². The van der Waals surface area contributed by atoms with Crippen molar-refractivity contribution < 1.29 is 9.84 Å². The van der Waals surface area contributed by atoms with E-state index in [1.165, 1.54) is 11.3 Å². The van der Waals surface area contributed by atoms with Gasteiger partial charge in [-0.3, -0.25) is 0 Å². The molecule has 2 aromatic carbocycles. The molecule has 3 nitrogen and oxygen atoms in total. The molecular formula is C19H19NO2. The topological polar surface area (TPSA) is 32.7 Å². The van der Waals surface area contributed by atoms with E-state index in [-0.39, 0.29) is 11.8 Å². The van der Waals surface area contributed by atoms with Crippen LogP contribution in [0, 0.1) is 0 Å². The van der Waals surface area contributed by atoms with Gasteiger partial charge in [0.2, 0.25) is 0 Å². The van der Waals surface area contributed by atoms with Crippen molar-refractivity contribution in [2.75, 3.05) is 19.1 Å². The first-order valence-corrected chi connectivity index (χ1v) is 7.25. The van der Waals surface area contributed by atoms with Gasteiger partial charge >= 0.3 is 0 Å². The Morgan fingerprint density at radius 2 is 1.95 bits per heavy atom. The third kappa shape index (κ3) is 2.58. The van der Waals surface area contributed by atoms with Gasteiger partial charge in [-0.05, 0) is 17.7 Å². The summed E-state index contributed by atoms with van der Waals surface area (Å²) in [5.74, 6) is 0.657. The molecule has 1 aliphatic rings. The number of methoxy groups -OCH3 is 1. The molecule has 0 spiro atoms. The number of hydrogen-bond acceptors (Lipinski definition) is 3. The minimum atomic E-state index is 0.153. The Morgan fingerprint density at radius 1 is 1.14 bits per heavy atom. The van der Waals surface area contributed by atoms with Gasteiger partial charge in [0.1, 0.15) is 0 Å². The fourth-order valence-corrected chi connectivity index (χ4v) is 2.68. The Labute approximate surface area is 130 Å². The van der Waals surface area contributed by atoms with Gasteiger partial charge in [-0.25, -0.2) is 0 Å². The number of phenolic OH excluding ortho intramolecular Hbond substituents is 1. The molecule has 1 heterocycles. The average Bonchev–Trinajstić information content (AvgIpc) is 2.56. The normalized spacial score (nSPS) is 16.8. The molecule has 2 aromatic rings. The SMILES string of the molecule is COc1cccc(/C=C/C2C=Cc3ccccc3N2C)c1O. The zero-order valence-corrected chi connectivity index (χ0v) is 12.7. The summed E-state index contributed by atoms with van der Waals surface area (Å²) in [6, 6.07) is 13.9. The summed E-state index contributed by atoms with van der Waals surface area (Å²) in [6.07, 6.45) is 8.28. The lowest BCUT2D eigenvalue weighted by Gasteiger charge is -2.30. The van der Waals surface area contributed by atoms with Gasteiger partial charge in [0.25, 0.3) is 0 Å². The molecule has 0 fully saturated rings. The van der Waals surface area contributed by atoms with E-state index in [1.807, 2.05) is 30.3 Å². The summed E-state index contributed by atoms with van der Waals surface area (Å²) in [7, 11) is 3.62. The second kappa shape index (κ2) is 5.98. The summed E-state index contributed by atoms with van der Waals surface area (Å²) >= 11 is 0. The molecule has 1 N–H and O–H groups in total. The maximum absolute atomic E-state index is 10.1. The van der Waals surface area contributed by atoms with Crippen molar-refractivity contribution in [1.29, 1.82) is 0 Å². The number of likely N-dealkylation sites (N-methyl/N-ethyl adjacent to an activating group) is 1. The standard InChI is InChI=1S/C19H19NO2/c1-20-16(12-10-14-6-3-4-8-17(14)20)13-11-15-7-5-9-18(22-2)19(15)21/h3-13,16,21H,1-2H3/b13-11+. The lowest BCUT2D eigenvalue weighted by Crippen LogP contribution is -2.30. The second-order valence-electron chi connectivity index (χ2n) is 5.28. The van der Waals surface area contributed by atoms with Crippen LogP contribution in [0.2, 0.25) is 0 Å². The van der Waals surface area contributed by atoms with E-state index in [9.17, 15) is 5.11 Å². The highest BCUT2D eigenvalue weighted by atomic mass is 16.5. The van der Waals surface area contributed by atoms with E-state index in [0.717, 1.165) is 5.56 Å². The number of benzene rings is 2. The molecule has 112 valence electrons. The van der Waals surface area contributed by atoms with E-state index in [4.69, 9.17) is 4.74 Å². The van der Waals surface area contributed by atoms with Crippen molar-refractivity contribution in [3.63, 3.8) is 0 Å². The van der Waals surface area contributed by atoms with Crippen molar-refractivity contribution in [3.8, 4) is 11.5 Å². The molecule has 0 bridgehead atoms. The molecule has 0 saturated heterocycles. The zero-order valence-electron chi connectivity index (χ0n) is 12.7. The molecule has 3 heteroatoms. The Balaban J connectivity index is 1.86. The first-order chi connectivity index (χ1) is 10.7. The fraction of sp³-hybridized carbons (Fsp3) is 0.158. The number of hydrogen-bond donors (Lipinski definition) is 1. The summed E-state index contributed by atoms with van der Waals surface area (Å²) in [5, 5.41) is 10.1. The van der Waals surface area contributed by atoms with Crippen LogP contribution in [-0.2, 0) is 0 Å². The first kappa shape index (κ1) is 14.3. The Bertz CT molecular complexity index is 734. The largest absolute Gasteiger partial charge is 0.504 e. The summed E-state index contributed by atoms with van der Waals surface area (Å²) in [5.41, 5.74) is 3.17. The number of aromatic hydroxyl groups is 1. The van der Waals surface area contributed by atoms with E-state index >= 15 is 0 Å². The number of rotatable bonds is 3. The lowest BCUT2D eigenvalue weighted by atomic mass is 10.0. The van der Waals surface area contributed by atoms with E-state index in [1.54, 1.807) is 13.2 Å². The van der Waals surface area contributed by atoms with Crippen molar-refractivity contribution in [1.82, 2.24) is 0 Å². The highest BCUT2D eigenvalue weighted by molar-refractivity contribution is 5.73. The summed E-state index contributed by atoms with van der Waals surface area (Å²) in [4.78, 5) is 2.21. The smallest absolute Gasteiger partial charge is 0.165 e. The molecule has 0 radical (unpaired) electrons. The minimum absolute atomic E-state index is 0.153.